The van der Waals surface area contributed by atoms with E-state index < -0.39 is 0 Å². The van der Waals surface area contributed by atoms with E-state index >= 15 is 0 Å². The number of aromatic hydroxyl groups is 1. The highest BCUT2D eigenvalue weighted by molar-refractivity contribution is 7.18. The van der Waals surface area contributed by atoms with Gasteiger partial charge < -0.3 is 14.8 Å². The lowest BCUT2D eigenvalue weighted by atomic mass is 10.1. The Bertz CT molecular complexity index is 990. The van der Waals surface area contributed by atoms with E-state index in [1.54, 1.807) is 29.5 Å². The molecule has 2 N–H and O–H groups in total. The summed E-state index contributed by atoms with van der Waals surface area (Å²) in [5, 5.41) is 10.6. The SMILES string of the molecule is CCOc1cc(-c2nc3sc4c(c3c(=O)[nH]2)CCCCC4)ccc1O. The average molecular weight is 356 g/mol. The smallest absolute Gasteiger partial charge is 0.260 e. The second-order valence-electron chi connectivity index (χ2n) is 6.27. The minimum Gasteiger partial charge on any atom is -0.504 e. The maximum atomic E-state index is 12.7. The zero-order valence-corrected chi connectivity index (χ0v) is 14.9. The van der Waals surface area contributed by atoms with Gasteiger partial charge in [0.25, 0.3) is 5.56 Å². The number of aromatic nitrogens is 2. The summed E-state index contributed by atoms with van der Waals surface area (Å²) in [7, 11) is 0. The van der Waals surface area contributed by atoms with Crippen LogP contribution in [-0.4, -0.2) is 21.7 Å². The second kappa shape index (κ2) is 6.52. The molecule has 0 fully saturated rings. The number of ether oxygens (including phenoxy) is 1. The average Bonchev–Trinajstić information content (AvgIpc) is 2.79. The van der Waals surface area contributed by atoms with Crippen LogP contribution < -0.4 is 10.3 Å². The van der Waals surface area contributed by atoms with Crippen molar-refractivity contribution >= 4 is 21.6 Å². The molecule has 2 heterocycles. The normalized spacial score (nSPS) is 14.3. The fourth-order valence-corrected chi connectivity index (χ4v) is 4.67. The first-order valence-electron chi connectivity index (χ1n) is 8.68. The topological polar surface area (TPSA) is 75.2 Å². The summed E-state index contributed by atoms with van der Waals surface area (Å²) in [5.41, 5.74) is 1.84. The van der Waals surface area contributed by atoms with Crippen molar-refractivity contribution in [3.63, 3.8) is 0 Å². The zero-order chi connectivity index (χ0) is 17.4. The maximum Gasteiger partial charge on any atom is 0.260 e. The van der Waals surface area contributed by atoms with E-state index in [4.69, 9.17) is 9.72 Å². The van der Waals surface area contributed by atoms with Crippen LogP contribution in [0.4, 0.5) is 0 Å². The lowest BCUT2D eigenvalue weighted by Gasteiger charge is -2.08. The first-order chi connectivity index (χ1) is 12.2. The number of H-pyrrole nitrogens is 1. The standard InChI is InChI=1S/C19H20N2O3S/c1-2-24-14-10-11(8-9-13(14)22)17-20-18(23)16-12-6-4-3-5-7-15(12)25-19(16)21-17/h8-10,22H,2-7H2,1H3,(H,20,21,23). The van der Waals surface area contributed by atoms with Gasteiger partial charge in [0.2, 0.25) is 0 Å². The van der Waals surface area contributed by atoms with Crippen molar-refractivity contribution in [1.29, 1.82) is 0 Å². The molecule has 3 aromatic rings. The lowest BCUT2D eigenvalue weighted by molar-refractivity contribution is 0.318. The van der Waals surface area contributed by atoms with Crippen LogP contribution in [0.15, 0.2) is 23.0 Å². The number of hydrogen-bond acceptors (Lipinski definition) is 5. The third-order valence-corrected chi connectivity index (χ3v) is 5.79. The van der Waals surface area contributed by atoms with Crippen LogP contribution in [0.1, 0.15) is 36.6 Å². The fraction of sp³-hybridized carbons (Fsp3) is 0.368. The molecule has 25 heavy (non-hydrogen) atoms. The molecule has 1 aliphatic rings. The monoisotopic (exact) mass is 356 g/mol. The van der Waals surface area contributed by atoms with E-state index in [1.807, 2.05) is 6.92 Å². The number of fused-ring (bicyclic) bond motifs is 3. The number of rotatable bonds is 3. The third-order valence-electron chi connectivity index (χ3n) is 4.61. The molecule has 0 spiro atoms. The summed E-state index contributed by atoms with van der Waals surface area (Å²) in [6.45, 7) is 2.31. The molecule has 0 saturated carbocycles. The predicted octanol–water partition coefficient (Wildman–Crippen LogP) is 4.02. The number of benzene rings is 1. The molecule has 0 saturated heterocycles. The Morgan fingerprint density at radius 3 is 2.96 bits per heavy atom. The van der Waals surface area contributed by atoms with Crippen molar-refractivity contribution < 1.29 is 9.84 Å². The Labute approximate surface area is 149 Å². The zero-order valence-electron chi connectivity index (χ0n) is 14.1. The van der Waals surface area contributed by atoms with Crippen LogP contribution in [0.5, 0.6) is 11.5 Å². The molecular weight excluding hydrogens is 336 g/mol. The minimum atomic E-state index is -0.0783. The molecule has 6 heteroatoms. The van der Waals surface area contributed by atoms with E-state index in [1.165, 1.54) is 23.3 Å². The van der Waals surface area contributed by atoms with Gasteiger partial charge in [-0.2, -0.15) is 0 Å². The highest BCUT2D eigenvalue weighted by Crippen LogP contribution is 2.35. The van der Waals surface area contributed by atoms with Gasteiger partial charge in [0.05, 0.1) is 12.0 Å². The molecule has 0 bridgehead atoms. The molecule has 2 aromatic heterocycles. The highest BCUT2D eigenvalue weighted by atomic mass is 32.1. The van der Waals surface area contributed by atoms with Gasteiger partial charge in [-0.05, 0) is 56.4 Å². The van der Waals surface area contributed by atoms with Crippen LogP contribution >= 0.6 is 11.3 Å². The quantitative estimate of drug-likeness (QED) is 0.695. The number of phenols is 1. The van der Waals surface area contributed by atoms with Gasteiger partial charge in [-0.3, -0.25) is 4.79 Å². The van der Waals surface area contributed by atoms with Gasteiger partial charge >= 0.3 is 0 Å². The number of aromatic amines is 1. The van der Waals surface area contributed by atoms with Crippen LogP contribution in [-0.2, 0) is 12.8 Å². The van der Waals surface area contributed by atoms with Crippen molar-refractivity contribution in [2.45, 2.75) is 39.0 Å². The van der Waals surface area contributed by atoms with Gasteiger partial charge in [-0.25, -0.2) is 4.98 Å². The molecule has 130 valence electrons. The number of nitrogens with one attached hydrogen (secondary N) is 1. The van der Waals surface area contributed by atoms with Gasteiger partial charge in [-0.1, -0.05) is 6.42 Å². The molecular formula is C19H20N2O3S. The van der Waals surface area contributed by atoms with Crippen molar-refractivity contribution in [1.82, 2.24) is 9.97 Å². The Balaban J connectivity index is 1.84. The van der Waals surface area contributed by atoms with Crippen LogP contribution in [0.2, 0.25) is 0 Å². The summed E-state index contributed by atoms with van der Waals surface area (Å²) in [5.74, 6) is 0.983. The predicted molar refractivity (Wildman–Crippen MR) is 99.8 cm³/mol. The summed E-state index contributed by atoms with van der Waals surface area (Å²) in [4.78, 5) is 22.5. The Kier molecular flexibility index (Phi) is 4.21. The van der Waals surface area contributed by atoms with Crippen LogP contribution in [0.25, 0.3) is 21.6 Å². The molecule has 0 amide bonds. The van der Waals surface area contributed by atoms with Gasteiger partial charge in [-0.15, -0.1) is 11.3 Å². The van der Waals surface area contributed by atoms with Crippen molar-refractivity contribution in [3.8, 4) is 22.9 Å². The van der Waals surface area contributed by atoms with Crippen molar-refractivity contribution in [2.24, 2.45) is 0 Å². The van der Waals surface area contributed by atoms with Gasteiger partial charge in [0.1, 0.15) is 10.7 Å². The van der Waals surface area contributed by atoms with Crippen LogP contribution in [0.3, 0.4) is 0 Å². The minimum absolute atomic E-state index is 0.0783. The maximum absolute atomic E-state index is 12.7. The summed E-state index contributed by atoms with van der Waals surface area (Å²) in [6.07, 6.45) is 5.54. The second-order valence-corrected chi connectivity index (χ2v) is 7.36. The summed E-state index contributed by atoms with van der Waals surface area (Å²) >= 11 is 1.64. The molecule has 0 aliphatic heterocycles. The Morgan fingerprint density at radius 1 is 1.28 bits per heavy atom. The van der Waals surface area contributed by atoms with Crippen molar-refractivity contribution in [3.05, 3.63) is 39.0 Å². The number of hydrogen-bond donors (Lipinski definition) is 2. The molecule has 0 radical (unpaired) electrons. The fourth-order valence-electron chi connectivity index (χ4n) is 3.41. The number of thiophene rings is 1. The van der Waals surface area contributed by atoms with E-state index in [2.05, 4.69) is 4.98 Å². The highest BCUT2D eigenvalue weighted by Gasteiger charge is 2.19. The molecule has 1 aliphatic carbocycles. The number of aryl methyl sites for hydroxylation is 2. The van der Waals surface area contributed by atoms with Gasteiger partial charge in [0.15, 0.2) is 11.5 Å². The molecule has 5 nitrogen and oxygen atoms in total. The van der Waals surface area contributed by atoms with E-state index in [9.17, 15) is 9.90 Å². The largest absolute Gasteiger partial charge is 0.504 e. The van der Waals surface area contributed by atoms with E-state index in [0.717, 1.165) is 35.0 Å². The molecule has 1 aromatic carbocycles. The summed E-state index contributed by atoms with van der Waals surface area (Å²) in [6, 6.07) is 5.01. The third kappa shape index (κ3) is 2.91. The first-order valence-corrected chi connectivity index (χ1v) is 9.49. The number of phenolic OH excluding ortho intramolecular Hbond substituents is 1. The Hall–Kier alpha value is -2.34. The van der Waals surface area contributed by atoms with E-state index in [0.29, 0.717) is 18.2 Å². The summed E-state index contributed by atoms with van der Waals surface area (Å²) < 4.78 is 5.43. The lowest BCUT2D eigenvalue weighted by Crippen LogP contribution is -2.10. The Morgan fingerprint density at radius 2 is 2.12 bits per heavy atom. The van der Waals surface area contributed by atoms with Crippen molar-refractivity contribution in [2.75, 3.05) is 6.61 Å². The molecule has 0 atom stereocenters. The van der Waals surface area contributed by atoms with Crippen LogP contribution in [0, 0.1) is 0 Å². The molecule has 4 rings (SSSR count). The molecule has 0 unspecified atom stereocenters. The van der Waals surface area contributed by atoms with Gasteiger partial charge in [0, 0.05) is 10.4 Å². The number of nitrogens with zero attached hydrogens (tertiary/aromatic N) is 1. The first kappa shape index (κ1) is 16.1. The van der Waals surface area contributed by atoms with E-state index in [-0.39, 0.29) is 11.3 Å².